The van der Waals surface area contributed by atoms with E-state index in [-0.39, 0.29) is 0 Å². The molecule has 1 nitrogen and oxygen atoms in total. The van der Waals surface area contributed by atoms with E-state index in [0.29, 0.717) is 0 Å². The molecule has 0 aromatic heterocycles. The summed E-state index contributed by atoms with van der Waals surface area (Å²) in [5, 5.41) is 0. The molecule has 0 unspecified atom stereocenters. The van der Waals surface area contributed by atoms with Crippen molar-refractivity contribution in [3.63, 3.8) is 0 Å². The average molecular weight is 308 g/mol. The van der Waals surface area contributed by atoms with Crippen LogP contribution in [0.2, 0.25) is 0 Å². The Morgan fingerprint density at radius 1 is 1.23 bits per heavy atom. The molecule has 1 rings (SSSR count). The molecule has 0 saturated carbocycles. The second-order valence-corrected chi connectivity index (χ2v) is 9.93. The van der Waals surface area contributed by atoms with Gasteiger partial charge in [-0.1, -0.05) is 0 Å². The van der Waals surface area contributed by atoms with E-state index in [1.807, 2.05) is 0 Å². The molecule has 0 aliphatic carbocycles. The number of rotatable bonds is 1. The van der Waals surface area contributed by atoms with Gasteiger partial charge in [-0.3, -0.25) is 0 Å². The number of hydrogen-bond acceptors (Lipinski definition) is 0. The van der Waals surface area contributed by atoms with E-state index in [1.165, 1.54) is 5.57 Å². The van der Waals surface area contributed by atoms with Crippen molar-refractivity contribution in [2.45, 2.75) is 20.8 Å². The summed E-state index contributed by atoms with van der Waals surface area (Å²) in [6.45, 7) is 6.79. The molecule has 0 aromatic carbocycles. The zero-order valence-corrected chi connectivity index (χ0v) is 12.3. The van der Waals surface area contributed by atoms with Gasteiger partial charge in [0.05, 0.1) is 0 Å². The van der Waals surface area contributed by atoms with Crippen LogP contribution in [-0.4, -0.2) is 51.1 Å². The van der Waals surface area contributed by atoms with E-state index in [9.17, 15) is 0 Å². The van der Waals surface area contributed by atoms with Crippen molar-refractivity contribution in [2.24, 2.45) is 0 Å². The molecule has 0 atom stereocenters. The third-order valence-corrected chi connectivity index (χ3v) is 10.4. The van der Waals surface area contributed by atoms with Gasteiger partial charge in [0.15, 0.2) is 0 Å². The number of allylic oxidation sites excluding steroid dienone is 4. The Bertz CT molecular complexity index is 307. The summed E-state index contributed by atoms with van der Waals surface area (Å²) in [4.78, 5) is 0. The quantitative estimate of drug-likeness (QED) is 0.389. The zero-order valence-electron chi connectivity index (χ0n) is 8.84. The van der Waals surface area contributed by atoms with E-state index in [1.54, 1.807) is 14.5 Å². The third kappa shape index (κ3) is 2.82. The van der Waals surface area contributed by atoms with Crippen LogP contribution in [0.1, 0.15) is 20.8 Å². The molecule has 0 spiro atoms. The van der Waals surface area contributed by atoms with Crippen LogP contribution in [0.3, 0.4) is 0 Å². The Kier molecular flexibility index (Phi) is 4.00. The second kappa shape index (κ2) is 4.61. The van der Waals surface area contributed by atoms with Crippen LogP contribution in [0.4, 0.5) is 0 Å². The van der Waals surface area contributed by atoms with E-state index in [0.717, 1.165) is 26.3 Å². The number of hydrogen-bond donors (Lipinski definition) is 0. The molecule has 0 saturated heterocycles. The summed E-state index contributed by atoms with van der Waals surface area (Å²) in [6, 6.07) is 0. The molecular weight excluding hydrogens is 292 g/mol. The van der Waals surface area contributed by atoms with Crippen LogP contribution < -0.4 is 0 Å². The van der Waals surface area contributed by atoms with Crippen LogP contribution in [0.15, 0.2) is 20.1 Å². The fraction of sp³-hybridized carbons (Fsp3) is 0.500. The summed E-state index contributed by atoms with van der Waals surface area (Å²) in [6.07, 6.45) is 2.23. The molecule has 1 aliphatic rings. The van der Waals surface area contributed by atoms with E-state index < -0.39 is 0 Å². The third-order valence-electron chi connectivity index (χ3n) is 1.93. The molecule has 1 aliphatic heterocycles. The minimum atomic E-state index is 0.748. The molecule has 0 bridgehead atoms. The first-order chi connectivity index (χ1) is 6.02. The normalized spacial score (nSPS) is 20.7. The van der Waals surface area contributed by atoms with Gasteiger partial charge < -0.3 is 0 Å². The Morgan fingerprint density at radius 3 is 2.23 bits per heavy atom. The Labute approximate surface area is 91.9 Å². The van der Waals surface area contributed by atoms with Crippen molar-refractivity contribution >= 4 is 32.5 Å². The average Bonchev–Trinajstić information content (AvgIpc) is 2.31. The molecule has 0 amide bonds. The van der Waals surface area contributed by atoms with E-state index in [2.05, 4.69) is 45.7 Å². The molecule has 72 valence electrons. The molecule has 0 N–H and O–H groups in total. The van der Waals surface area contributed by atoms with Crippen LogP contribution in [-0.2, 0) is 0 Å². The molecule has 1 heterocycles. The Hall–Kier alpha value is 0.189. The summed E-state index contributed by atoms with van der Waals surface area (Å²) in [5.41, 5.74) is 3.02. The van der Waals surface area contributed by atoms with E-state index >= 15 is 0 Å². The standard InChI is InChI=1S/C10H16NSe2/c1-7(6-11(4)5)10-8(2)9(3)12-13-10/h6H,1-5H3/q+1/b10-7-. The summed E-state index contributed by atoms with van der Waals surface area (Å²) in [7, 11) is 4.17. The maximum atomic E-state index is 2.28. The van der Waals surface area contributed by atoms with Crippen LogP contribution in [0.25, 0.3) is 0 Å². The molecular formula is C10H16NSe2+. The van der Waals surface area contributed by atoms with Gasteiger partial charge in [0, 0.05) is 0 Å². The second-order valence-electron chi connectivity index (χ2n) is 3.45. The molecule has 0 fully saturated rings. The van der Waals surface area contributed by atoms with Gasteiger partial charge in [-0.2, -0.15) is 0 Å². The first kappa shape index (κ1) is 11.3. The van der Waals surface area contributed by atoms with Crippen molar-refractivity contribution in [3.05, 3.63) is 20.1 Å². The summed E-state index contributed by atoms with van der Waals surface area (Å²) >= 11 is 1.53. The fourth-order valence-corrected chi connectivity index (χ4v) is 9.84. The van der Waals surface area contributed by atoms with Gasteiger partial charge in [0.25, 0.3) is 0 Å². The van der Waals surface area contributed by atoms with Crippen molar-refractivity contribution in [1.82, 2.24) is 0 Å². The predicted molar refractivity (Wildman–Crippen MR) is 60.8 cm³/mol. The fourth-order valence-electron chi connectivity index (χ4n) is 1.20. The molecule has 0 aromatic rings. The SMILES string of the molecule is CC1=C(C)/C(=C(\C)C=[N+](C)C)[Se][Se]1. The Morgan fingerprint density at radius 2 is 1.85 bits per heavy atom. The van der Waals surface area contributed by atoms with Crippen molar-refractivity contribution in [3.8, 4) is 0 Å². The first-order valence-electron chi connectivity index (χ1n) is 4.27. The van der Waals surface area contributed by atoms with E-state index in [4.69, 9.17) is 0 Å². The van der Waals surface area contributed by atoms with Gasteiger partial charge in [-0.15, -0.1) is 0 Å². The van der Waals surface area contributed by atoms with Crippen LogP contribution in [0.5, 0.6) is 0 Å². The van der Waals surface area contributed by atoms with Gasteiger partial charge in [0.2, 0.25) is 0 Å². The summed E-state index contributed by atoms with van der Waals surface area (Å²) < 4.78 is 5.42. The van der Waals surface area contributed by atoms with Crippen molar-refractivity contribution in [1.29, 1.82) is 0 Å². The van der Waals surface area contributed by atoms with Gasteiger partial charge >= 0.3 is 92.0 Å². The maximum absolute atomic E-state index is 2.28. The van der Waals surface area contributed by atoms with Crippen LogP contribution >= 0.6 is 0 Å². The van der Waals surface area contributed by atoms with Gasteiger partial charge in [-0.25, -0.2) is 0 Å². The first-order valence-corrected chi connectivity index (χ1v) is 10.3. The Balaban J connectivity index is 3.02. The minimum absolute atomic E-state index is 0.748. The molecule has 0 radical (unpaired) electrons. The van der Waals surface area contributed by atoms with Crippen LogP contribution in [0, 0.1) is 0 Å². The number of nitrogens with zero attached hydrogens (tertiary/aromatic N) is 1. The van der Waals surface area contributed by atoms with Gasteiger partial charge in [0.1, 0.15) is 0 Å². The monoisotopic (exact) mass is 310 g/mol. The molecule has 3 heteroatoms. The van der Waals surface area contributed by atoms with Gasteiger partial charge in [-0.05, 0) is 0 Å². The van der Waals surface area contributed by atoms with Crippen molar-refractivity contribution in [2.75, 3.05) is 14.1 Å². The van der Waals surface area contributed by atoms with Crippen molar-refractivity contribution < 1.29 is 4.58 Å². The zero-order chi connectivity index (χ0) is 10.0. The molecule has 13 heavy (non-hydrogen) atoms. The topological polar surface area (TPSA) is 3.01 Å². The predicted octanol–water partition coefficient (Wildman–Crippen LogP) is 1.23. The summed E-state index contributed by atoms with van der Waals surface area (Å²) in [5.74, 6) is 0.